The van der Waals surface area contributed by atoms with Crippen molar-refractivity contribution in [1.82, 2.24) is 5.32 Å². The van der Waals surface area contributed by atoms with Gasteiger partial charge >= 0.3 is 0 Å². The summed E-state index contributed by atoms with van der Waals surface area (Å²) in [6, 6.07) is 2.31. The normalized spacial score (nSPS) is 29.5. The molecule has 1 saturated carbocycles. The molecule has 1 aliphatic carbocycles. The number of carbonyl (C=O) groups is 1. The number of hydrogen-bond donors (Lipinski definition) is 1. The fraction of sp³-hybridized carbons (Fsp3) is 0.750. The Hall–Kier alpha value is -1.04. The molecule has 2 atom stereocenters. The van der Waals surface area contributed by atoms with Crippen LogP contribution in [0.2, 0.25) is 0 Å². The van der Waals surface area contributed by atoms with Crippen LogP contribution < -0.4 is 5.32 Å². The molecular formula is C8H12N2O. The number of amides is 1. The summed E-state index contributed by atoms with van der Waals surface area (Å²) in [5.74, 6) is 0.0102. The second-order valence-corrected chi connectivity index (χ2v) is 2.97. The number of rotatable bonds is 1. The van der Waals surface area contributed by atoms with E-state index < -0.39 is 0 Å². The van der Waals surface area contributed by atoms with Gasteiger partial charge in [0.05, 0.1) is 12.0 Å². The standard InChI is InChI=1S/C8H12N2O/c1-6(11)10-8-4-2-3-7(8)5-9/h7-8H,2-4H2,1H3,(H,10,11)/t7-,8-/m0/s1. The Morgan fingerprint density at radius 3 is 2.91 bits per heavy atom. The lowest BCUT2D eigenvalue weighted by Gasteiger charge is -2.13. The SMILES string of the molecule is CC(=O)N[C@H]1CCC[C@H]1C#N. The summed E-state index contributed by atoms with van der Waals surface area (Å²) >= 11 is 0. The highest BCUT2D eigenvalue weighted by Crippen LogP contribution is 2.24. The van der Waals surface area contributed by atoms with Crippen molar-refractivity contribution < 1.29 is 4.79 Å². The summed E-state index contributed by atoms with van der Waals surface area (Å²) < 4.78 is 0. The van der Waals surface area contributed by atoms with Crippen LogP contribution in [-0.4, -0.2) is 11.9 Å². The van der Waals surface area contributed by atoms with E-state index in [2.05, 4.69) is 11.4 Å². The van der Waals surface area contributed by atoms with Crippen LogP contribution in [0.3, 0.4) is 0 Å². The van der Waals surface area contributed by atoms with Crippen molar-refractivity contribution in [3.8, 4) is 6.07 Å². The van der Waals surface area contributed by atoms with Gasteiger partial charge in [-0.05, 0) is 19.3 Å². The summed E-state index contributed by atoms with van der Waals surface area (Å²) in [6.07, 6.45) is 2.95. The van der Waals surface area contributed by atoms with Crippen molar-refractivity contribution in [2.75, 3.05) is 0 Å². The first-order valence-corrected chi connectivity index (χ1v) is 3.90. The van der Waals surface area contributed by atoms with Gasteiger partial charge in [0, 0.05) is 13.0 Å². The summed E-state index contributed by atoms with van der Waals surface area (Å²) in [5.41, 5.74) is 0. The molecule has 60 valence electrons. The van der Waals surface area contributed by atoms with Crippen LogP contribution in [0.5, 0.6) is 0 Å². The first-order chi connectivity index (χ1) is 5.24. The van der Waals surface area contributed by atoms with Crippen molar-refractivity contribution in [2.24, 2.45) is 5.92 Å². The van der Waals surface area contributed by atoms with E-state index >= 15 is 0 Å². The number of nitrogens with zero attached hydrogens (tertiary/aromatic N) is 1. The maximum absolute atomic E-state index is 10.6. The van der Waals surface area contributed by atoms with Gasteiger partial charge in [-0.1, -0.05) is 0 Å². The fourth-order valence-corrected chi connectivity index (χ4v) is 1.55. The number of nitriles is 1. The molecule has 0 saturated heterocycles. The number of nitrogens with one attached hydrogen (secondary N) is 1. The number of carbonyl (C=O) groups excluding carboxylic acids is 1. The minimum Gasteiger partial charge on any atom is -0.352 e. The van der Waals surface area contributed by atoms with Crippen molar-refractivity contribution in [3.63, 3.8) is 0 Å². The average molecular weight is 152 g/mol. The third-order valence-electron chi connectivity index (χ3n) is 2.07. The van der Waals surface area contributed by atoms with E-state index in [-0.39, 0.29) is 17.9 Å². The van der Waals surface area contributed by atoms with Gasteiger partial charge in [0.1, 0.15) is 0 Å². The van der Waals surface area contributed by atoms with Crippen LogP contribution in [0.25, 0.3) is 0 Å². The van der Waals surface area contributed by atoms with E-state index in [0.717, 1.165) is 19.3 Å². The molecule has 1 rings (SSSR count). The first-order valence-electron chi connectivity index (χ1n) is 3.90. The van der Waals surface area contributed by atoms with Crippen molar-refractivity contribution in [2.45, 2.75) is 32.2 Å². The Morgan fingerprint density at radius 2 is 2.36 bits per heavy atom. The zero-order chi connectivity index (χ0) is 8.27. The van der Waals surface area contributed by atoms with Crippen molar-refractivity contribution in [3.05, 3.63) is 0 Å². The van der Waals surface area contributed by atoms with E-state index in [0.29, 0.717) is 0 Å². The maximum Gasteiger partial charge on any atom is 0.217 e. The zero-order valence-corrected chi connectivity index (χ0v) is 6.63. The quantitative estimate of drug-likeness (QED) is 0.604. The van der Waals surface area contributed by atoms with E-state index in [1.165, 1.54) is 6.92 Å². The van der Waals surface area contributed by atoms with Gasteiger partial charge in [-0.3, -0.25) is 4.79 Å². The lowest BCUT2D eigenvalue weighted by Crippen LogP contribution is -2.35. The van der Waals surface area contributed by atoms with Crippen molar-refractivity contribution in [1.29, 1.82) is 5.26 Å². The molecule has 0 aromatic rings. The minimum absolute atomic E-state index is 0.0304. The Labute approximate surface area is 66.4 Å². The van der Waals surface area contributed by atoms with Crippen LogP contribution in [0.1, 0.15) is 26.2 Å². The Balaban J connectivity index is 2.45. The predicted octanol–water partition coefficient (Wildman–Crippen LogP) is 0.815. The maximum atomic E-state index is 10.6. The molecule has 11 heavy (non-hydrogen) atoms. The van der Waals surface area contributed by atoms with Crippen LogP contribution in [0.4, 0.5) is 0 Å². The first kappa shape index (κ1) is 8.06. The molecule has 0 spiro atoms. The molecule has 1 N–H and O–H groups in total. The molecular weight excluding hydrogens is 140 g/mol. The highest BCUT2D eigenvalue weighted by molar-refractivity contribution is 5.73. The second kappa shape index (κ2) is 3.38. The highest BCUT2D eigenvalue weighted by atomic mass is 16.1. The summed E-state index contributed by atoms with van der Waals surface area (Å²) in [5, 5.41) is 11.4. The van der Waals surface area contributed by atoms with E-state index in [1.54, 1.807) is 0 Å². The third-order valence-corrected chi connectivity index (χ3v) is 2.07. The van der Waals surface area contributed by atoms with Crippen molar-refractivity contribution >= 4 is 5.91 Å². The summed E-state index contributed by atoms with van der Waals surface area (Å²) in [4.78, 5) is 10.6. The Kier molecular flexibility index (Phi) is 2.48. The summed E-state index contributed by atoms with van der Waals surface area (Å²) in [7, 11) is 0. The molecule has 1 fully saturated rings. The molecule has 1 amide bonds. The van der Waals surface area contributed by atoms with E-state index in [4.69, 9.17) is 5.26 Å². The van der Waals surface area contributed by atoms with E-state index in [1.807, 2.05) is 0 Å². The Morgan fingerprint density at radius 1 is 1.64 bits per heavy atom. The van der Waals surface area contributed by atoms with Gasteiger partial charge < -0.3 is 5.32 Å². The molecule has 0 radical (unpaired) electrons. The highest BCUT2D eigenvalue weighted by Gasteiger charge is 2.27. The van der Waals surface area contributed by atoms with Crippen LogP contribution in [0, 0.1) is 17.2 Å². The van der Waals surface area contributed by atoms with Gasteiger partial charge in [0.25, 0.3) is 0 Å². The molecule has 0 aromatic carbocycles. The van der Waals surface area contributed by atoms with Gasteiger partial charge in [0.2, 0.25) is 5.91 Å². The Bertz CT molecular complexity index is 195. The molecule has 0 bridgehead atoms. The molecule has 0 aliphatic heterocycles. The largest absolute Gasteiger partial charge is 0.352 e. The molecule has 3 nitrogen and oxygen atoms in total. The monoisotopic (exact) mass is 152 g/mol. The minimum atomic E-state index is -0.0304. The van der Waals surface area contributed by atoms with Crippen LogP contribution in [0.15, 0.2) is 0 Å². The fourth-order valence-electron chi connectivity index (χ4n) is 1.55. The topological polar surface area (TPSA) is 52.9 Å². The van der Waals surface area contributed by atoms with Gasteiger partial charge in [0.15, 0.2) is 0 Å². The lowest BCUT2D eigenvalue weighted by molar-refractivity contribution is -0.119. The number of hydrogen-bond acceptors (Lipinski definition) is 2. The predicted molar refractivity (Wildman–Crippen MR) is 40.6 cm³/mol. The molecule has 1 aliphatic rings. The van der Waals surface area contributed by atoms with Gasteiger partial charge in [-0.15, -0.1) is 0 Å². The molecule has 3 heteroatoms. The zero-order valence-electron chi connectivity index (χ0n) is 6.63. The lowest BCUT2D eigenvalue weighted by atomic mass is 10.1. The smallest absolute Gasteiger partial charge is 0.217 e. The summed E-state index contributed by atoms with van der Waals surface area (Å²) in [6.45, 7) is 1.49. The van der Waals surface area contributed by atoms with E-state index in [9.17, 15) is 4.79 Å². The van der Waals surface area contributed by atoms with Gasteiger partial charge in [-0.2, -0.15) is 5.26 Å². The van der Waals surface area contributed by atoms with Gasteiger partial charge in [-0.25, -0.2) is 0 Å². The van der Waals surface area contributed by atoms with Crippen LogP contribution >= 0.6 is 0 Å². The van der Waals surface area contributed by atoms with Crippen LogP contribution in [-0.2, 0) is 4.79 Å². The average Bonchev–Trinajstić information content (AvgIpc) is 2.34. The third kappa shape index (κ3) is 1.94. The molecule has 0 aromatic heterocycles. The molecule has 0 heterocycles. The molecule has 0 unspecified atom stereocenters. The second-order valence-electron chi connectivity index (χ2n) is 2.97.